The third kappa shape index (κ3) is 4.54. The van der Waals surface area contributed by atoms with E-state index in [0.717, 1.165) is 49.4 Å². The average Bonchev–Trinajstić information content (AvgIpc) is 2.66. The quantitative estimate of drug-likeness (QED) is 0.762. The molecule has 1 aromatic carbocycles. The number of nitrogens with one attached hydrogen (secondary N) is 1. The van der Waals surface area contributed by atoms with Gasteiger partial charge < -0.3 is 19.2 Å². The molecule has 28 heavy (non-hydrogen) atoms. The minimum atomic E-state index is -0.665. The van der Waals surface area contributed by atoms with Crippen LogP contribution in [0.3, 0.4) is 0 Å². The number of carbonyl (C=O) groups excluding carboxylic acids is 1. The van der Waals surface area contributed by atoms with Gasteiger partial charge in [0.25, 0.3) is 5.91 Å². The molecule has 7 heteroatoms. The molecule has 1 saturated heterocycles. The number of ether oxygens (including phenoxy) is 2. The monoisotopic (exact) mass is 388 g/mol. The topological polar surface area (TPSA) is 81.0 Å². The summed E-state index contributed by atoms with van der Waals surface area (Å²) in [6.07, 6.45) is -0.665. The summed E-state index contributed by atoms with van der Waals surface area (Å²) in [6, 6.07) is 3.68. The van der Waals surface area contributed by atoms with Gasteiger partial charge in [-0.15, -0.1) is 0 Å². The summed E-state index contributed by atoms with van der Waals surface area (Å²) in [7, 11) is 0. The van der Waals surface area contributed by atoms with Crippen LogP contribution in [0, 0.1) is 20.8 Å². The van der Waals surface area contributed by atoms with Gasteiger partial charge in [-0.2, -0.15) is 0 Å². The Kier molecular flexibility index (Phi) is 6.36. The van der Waals surface area contributed by atoms with Crippen LogP contribution in [0.2, 0.25) is 0 Å². The van der Waals surface area contributed by atoms with Crippen molar-refractivity contribution in [3.63, 3.8) is 0 Å². The Morgan fingerprint density at radius 2 is 1.93 bits per heavy atom. The van der Waals surface area contributed by atoms with Gasteiger partial charge in [-0.1, -0.05) is 0 Å². The first-order valence-electron chi connectivity index (χ1n) is 9.66. The zero-order valence-corrected chi connectivity index (χ0v) is 17.0. The third-order valence-electron chi connectivity index (χ3n) is 5.16. The molecule has 1 aliphatic rings. The molecule has 2 aromatic rings. The van der Waals surface area contributed by atoms with E-state index in [1.165, 1.54) is 0 Å². The van der Waals surface area contributed by atoms with Crippen molar-refractivity contribution in [1.82, 2.24) is 10.2 Å². The largest absolute Gasteiger partial charge is 0.480 e. The average molecular weight is 388 g/mol. The molecule has 1 aromatic heterocycles. The number of rotatable bonds is 6. The SMILES string of the molecule is Cc1cc(O[C@H](C)C(=O)NCCN2CCOCC2)c2c(C)c(C)c(=O)oc2c1. The Hall–Kier alpha value is -2.38. The molecule has 0 bridgehead atoms. The van der Waals surface area contributed by atoms with Crippen LogP contribution in [-0.4, -0.2) is 56.3 Å². The molecule has 0 spiro atoms. The van der Waals surface area contributed by atoms with Gasteiger partial charge in [-0.25, -0.2) is 4.79 Å². The van der Waals surface area contributed by atoms with Crippen molar-refractivity contribution >= 4 is 16.9 Å². The molecule has 1 atom stereocenters. The van der Waals surface area contributed by atoms with Crippen molar-refractivity contribution in [3.8, 4) is 5.75 Å². The second-order valence-electron chi connectivity index (χ2n) is 7.28. The van der Waals surface area contributed by atoms with Gasteiger partial charge in [0.05, 0.1) is 18.6 Å². The van der Waals surface area contributed by atoms with Gasteiger partial charge in [0.15, 0.2) is 6.10 Å². The zero-order chi connectivity index (χ0) is 20.3. The number of morpholine rings is 1. The Morgan fingerprint density at radius 3 is 2.64 bits per heavy atom. The summed E-state index contributed by atoms with van der Waals surface area (Å²) < 4.78 is 16.7. The van der Waals surface area contributed by atoms with Crippen molar-refractivity contribution in [2.75, 3.05) is 39.4 Å². The van der Waals surface area contributed by atoms with Gasteiger partial charge in [0, 0.05) is 31.7 Å². The van der Waals surface area contributed by atoms with Crippen LogP contribution in [0.15, 0.2) is 21.3 Å². The van der Waals surface area contributed by atoms with E-state index in [0.29, 0.717) is 23.4 Å². The maximum absolute atomic E-state index is 12.5. The maximum atomic E-state index is 12.5. The van der Waals surface area contributed by atoms with E-state index in [1.54, 1.807) is 13.8 Å². The molecule has 0 unspecified atom stereocenters. The predicted molar refractivity (Wildman–Crippen MR) is 107 cm³/mol. The molecule has 7 nitrogen and oxygen atoms in total. The van der Waals surface area contributed by atoms with E-state index in [1.807, 2.05) is 26.0 Å². The molecule has 3 rings (SSSR count). The Balaban J connectivity index is 1.70. The first kappa shape index (κ1) is 20.4. The first-order valence-corrected chi connectivity index (χ1v) is 9.66. The molecular formula is C21H28N2O5. The minimum Gasteiger partial charge on any atom is -0.480 e. The van der Waals surface area contributed by atoms with Gasteiger partial charge >= 0.3 is 5.63 Å². The lowest BCUT2D eigenvalue weighted by Crippen LogP contribution is -2.43. The zero-order valence-electron chi connectivity index (χ0n) is 17.0. The first-order chi connectivity index (χ1) is 13.4. The predicted octanol–water partition coefficient (Wildman–Crippen LogP) is 1.93. The van der Waals surface area contributed by atoms with Gasteiger partial charge in [-0.05, 0) is 51.0 Å². The van der Waals surface area contributed by atoms with Crippen molar-refractivity contribution in [2.24, 2.45) is 0 Å². The molecule has 0 aliphatic carbocycles. The molecule has 1 fully saturated rings. The lowest BCUT2D eigenvalue weighted by atomic mass is 10.0. The molecule has 0 saturated carbocycles. The van der Waals surface area contributed by atoms with E-state index in [9.17, 15) is 9.59 Å². The summed E-state index contributed by atoms with van der Waals surface area (Å²) in [5.74, 6) is 0.379. The van der Waals surface area contributed by atoms with Crippen molar-refractivity contribution in [2.45, 2.75) is 33.8 Å². The summed E-state index contributed by atoms with van der Waals surface area (Å²) in [5.41, 5.74) is 2.37. The summed E-state index contributed by atoms with van der Waals surface area (Å²) in [5, 5.41) is 3.66. The van der Waals surface area contributed by atoms with E-state index >= 15 is 0 Å². The molecular weight excluding hydrogens is 360 g/mol. The van der Waals surface area contributed by atoms with Crippen LogP contribution in [0.25, 0.3) is 11.0 Å². The number of hydrogen-bond donors (Lipinski definition) is 1. The number of nitrogens with zero attached hydrogens (tertiary/aromatic N) is 1. The van der Waals surface area contributed by atoms with Crippen LogP contribution in [0.5, 0.6) is 5.75 Å². The Bertz CT molecular complexity index is 915. The fourth-order valence-corrected chi connectivity index (χ4v) is 3.33. The number of aryl methyl sites for hydroxylation is 2. The minimum absolute atomic E-state index is 0.172. The highest BCUT2D eigenvalue weighted by Gasteiger charge is 2.19. The third-order valence-corrected chi connectivity index (χ3v) is 5.16. The molecule has 1 N–H and O–H groups in total. The summed E-state index contributed by atoms with van der Waals surface area (Å²) in [6.45, 7) is 11.8. The van der Waals surface area contributed by atoms with E-state index in [2.05, 4.69) is 10.2 Å². The van der Waals surface area contributed by atoms with Crippen LogP contribution in [0.4, 0.5) is 0 Å². The van der Waals surface area contributed by atoms with Gasteiger partial charge in [0.2, 0.25) is 0 Å². The highest BCUT2D eigenvalue weighted by Crippen LogP contribution is 2.31. The molecule has 1 aliphatic heterocycles. The summed E-state index contributed by atoms with van der Waals surface area (Å²) >= 11 is 0. The number of carbonyl (C=O) groups is 1. The number of fused-ring (bicyclic) bond motifs is 1. The molecule has 2 heterocycles. The van der Waals surface area contributed by atoms with E-state index < -0.39 is 6.10 Å². The maximum Gasteiger partial charge on any atom is 0.339 e. The van der Waals surface area contributed by atoms with Gasteiger partial charge in [-0.3, -0.25) is 9.69 Å². The van der Waals surface area contributed by atoms with Crippen LogP contribution in [-0.2, 0) is 9.53 Å². The van der Waals surface area contributed by atoms with E-state index in [4.69, 9.17) is 13.9 Å². The smallest absolute Gasteiger partial charge is 0.339 e. The summed E-state index contributed by atoms with van der Waals surface area (Å²) in [4.78, 5) is 26.7. The second kappa shape index (κ2) is 8.75. The second-order valence-corrected chi connectivity index (χ2v) is 7.28. The van der Waals surface area contributed by atoms with Crippen LogP contribution < -0.4 is 15.7 Å². The van der Waals surface area contributed by atoms with Gasteiger partial charge in [0.1, 0.15) is 11.3 Å². The van der Waals surface area contributed by atoms with Crippen molar-refractivity contribution in [1.29, 1.82) is 0 Å². The van der Waals surface area contributed by atoms with Crippen molar-refractivity contribution in [3.05, 3.63) is 39.2 Å². The molecule has 152 valence electrons. The highest BCUT2D eigenvalue weighted by atomic mass is 16.5. The lowest BCUT2D eigenvalue weighted by Gasteiger charge is -2.26. The van der Waals surface area contributed by atoms with Crippen LogP contribution in [0.1, 0.15) is 23.6 Å². The number of amides is 1. The fraction of sp³-hybridized carbons (Fsp3) is 0.524. The Labute approximate surface area is 164 Å². The van der Waals surface area contributed by atoms with Crippen LogP contribution >= 0.6 is 0 Å². The van der Waals surface area contributed by atoms with E-state index in [-0.39, 0.29) is 11.5 Å². The highest BCUT2D eigenvalue weighted by molar-refractivity contribution is 5.89. The normalized spacial score (nSPS) is 16.1. The Morgan fingerprint density at radius 1 is 1.21 bits per heavy atom. The number of hydrogen-bond acceptors (Lipinski definition) is 6. The van der Waals surface area contributed by atoms with Crippen molar-refractivity contribution < 1.29 is 18.7 Å². The lowest BCUT2D eigenvalue weighted by molar-refractivity contribution is -0.127. The molecule has 1 amide bonds. The molecule has 0 radical (unpaired) electrons. The standard InChI is InChI=1S/C21H28N2O5/c1-13-11-17(19-14(2)15(3)21(25)28-18(19)12-13)27-16(4)20(24)22-5-6-23-7-9-26-10-8-23/h11-12,16H,5-10H2,1-4H3,(H,22,24)/t16-/m1/s1. The number of benzene rings is 1. The fourth-order valence-electron chi connectivity index (χ4n) is 3.33.